The van der Waals surface area contributed by atoms with Gasteiger partial charge in [-0.05, 0) is 44.6 Å². The number of hydrogen-bond donors (Lipinski definition) is 0. The fraction of sp³-hybridized carbons (Fsp3) is 0.750. The maximum absolute atomic E-state index is 12.1. The van der Waals surface area contributed by atoms with Crippen LogP contribution in [0.4, 0.5) is 0 Å². The normalized spacial score (nSPS) is 32.8. The summed E-state index contributed by atoms with van der Waals surface area (Å²) >= 11 is 0. The van der Waals surface area contributed by atoms with Gasteiger partial charge in [-0.2, -0.15) is 0 Å². The van der Waals surface area contributed by atoms with Crippen molar-refractivity contribution in [3.8, 4) is 0 Å². The molecule has 1 aliphatic carbocycles. The Bertz CT molecular complexity index is 255. The zero-order chi connectivity index (χ0) is 9.97. The maximum atomic E-state index is 12.1. The van der Waals surface area contributed by atoms with Gasteiger partial charge in [0.1, 0.15) is 0 Å². The predicted octanol–water partition coefficient (Wildman–Crippen LogP) is 2.48. The van der Waals surface area contributed by atoms with Crippen LogP contribution in [-0.2, 0) is 9.53 Å². The summed E-state index contributed by atoms with van der Waals surface area (Å²) in [5, 5.41) is 0. The van der Waals surface area contributed by atoms with Crippen molar-refractivity contribution in [2.45, 2.75) is 45.1 Å². The summed E-state index contributed by atoms with van der Waals surface area (Å²) in [6.45, 7) is 2.77. The number of ether oxygens (including phenoxy) is 1. The predicted molar refractivity (Wildman–Crippen MR) is 55.1 cm³/mol. The van der Waals surface area contributed by atoms with Crippen molar-refractivity contribution < 1.29 is 9.53 Å². The first-order valence-electron chi connectivity index (χ1n) is 5.64. The molecule has 14 heavy (non-hydrogen) atoms. The lowest BCUT2D eigenvalue weighted by Gasteiger charge is -2.17. The highest BCUT2D eigenvalue weighted by molar-refractivity contribution is 5.97. The number of rotatable bonds is 2. The van der Waals surface area contributed by atoms with Gasteiger partial charge in [0.15, 0.2) is 5.78 Å². The molecule has 78 valence electrons. The van der Waals surface area contributed by atoms with Crippen molar-refractivity contribution in [2.75, 3.05) is 6.61 Å². The fourth-order valence-corrected chi connectivity index (χ4v) is 2.38. The first-order chi connectivity index (χ1) is 6.79. The van der Waals surface area contributed by atoms with Crippen LogP contribution in [0.2, 0.25) is 0 Å². The molecular formula is C12H18O2. The van der Waals surface area contributed by atoms with Gasteiger partial charge in [-0.25, -0.2) is 0 Å². The molecule has 0 aromatic rings. The molecule has 0 aromatic heterocycles. The average molecular weight is 194 g/mol. The number of Topliss-reactive ketones (excluding diaryl/α,β-unsaturated/α-hetero) is 1. The zero-order valence-corrected chi connectivity index (χ0v) is 8.79. The molecule has 0 N–H and O–H groups in total. The van der Waals surface area contributed by atoms with Gasteiger partial charge in [-0.1, -0.05) is 6.08 Å². The van der Waals surface area contributed by atoms with E-state index in [0.29, 0.717) is 5.78 Å². The van der Waals surface area contributed by atoms with Gasteiger partial charge >= 0.3 is 0 Å². The Morgan fingerprint density at radius 2 is 2.36 bits per heavy atom. The molecule has 2 nitrogen and oxygen atoms in total. The third kappa shape index (κ3) is 1.90. The molecule has 0 saturated carbocycles. The highest BCUT2D eigenvalue weighted by Gasteiger charge is 2.32. The van der Waals surface area contributed by atoms with Gasteiger partial charge in [0.05, 0.1) is 12.0 Å². The lowest BCUT2D eigenvalue weighted by Crippen LogP contribution is -2.23. The topological polar surface area (TPSA) is 26.3 Å². The van der Waals surface area contributed by atoms with Crippen molar-refractivity contribution in [1.29, 1.82) is 0 Å². The Morgan fingerprint density at radius 1 is 1.50 bits per heavy atom. The summed E-state index contributed by atoms with van der Waals surface area (Å²) in [4.78, 5) is 12.1. The van der Waals surface area contributed by atoms with E-state index in [-0.39, 0.29) is 12.0 Å². The minimum absolute atomic E-state index is 0.130. The number of hydrogen-bond acceptors (Lipinski definition) is 2. The van der Waals surface area contributed by atoms with Gasteiger partial charge in [-0.3, -0.25) is 4.79 Å². The molecular weight excluding hydrogens is 176 g/mol. The summed E-state index contributed by atoms with van der Waals surface area (Å²) in [5.41, 5.74) is 1.07. The standard InChI is InChI=1S/C12H18O2/c1-9-11(7-8-14-9)12(13)10-5-3-2-4-6-10/h5,9,11H,2-4,6-8H2,1H3. The molecule has 0 spiro atoms. The van der Waals surface area contributed by atoms with Crippen molar-refractivity contribution in [3.05, 3.63) is 11.6 Å². The van der Waals surface area contributed by atoms with E-state index in [2.05, 4.69) is 6.08 Å². The minimum atomic E-state index is 0.130. The summed E-state index contributed by atoms with van der Waals surface area (Å²) in [6, 6.07) is 0. The van der Waals surface area contributed by atoms with E-state index in [9.17, 15) is 4.79 Å². The second kappa shape index (κ2) is 4.26. The quantitative estimate of drug-likeness (QED) is 0.675. The maximum Gasteiger partial charge on any atom is 0.164 e. The molecule has 1 fully saturated rings. The number of carbonyl (C=O) groups excluding carboxylic acids is 1. The van der Waals surface area contributed by atoms with E-state index in [4.69, 9.17) is 4.74 Å². The van der Waals surface area contributed by atoms with Crippen molar-refractivity contribution in [3.63, 3.8) is 0 Å². The van der Waals surface area contributed by atoms with Crippen LogP contribution in [0.5, 0.6) is 0 Å². The SMILES string of the molecule is CC1OCCC1C(=O)C1=CCCCC1. The van der Waals surface area contributed by atoms with E-state index in [1.165, 1.54) is 12.8 Å². The monoisotopic (exact) mass is 194 g/mol. The molecule has 2 rings (SSSR count). The van der Waals surface area contributed by atoms with Crippen molar-refractivity contribution >= 4 is 5.78 Å². The molecule has 2 heteroatoms. The minimum Gasteiger partial charge on any atom is -0.378 e. The van der Waals surface area contributed by atoms with Crippen LogP contribution in [0.3, 0.4) is 0 Å². The molecule has 0 radical (unpaired) electrons. The van der Waals surface area contributed by atoms with Crippen LogP contribution < -0.4 is 0 Å². The van der Waals surface area contributed by atoms with E-state index in [1.54, 1.807) is 0 Å². The molecule has 0 amide bonds. The third-order valence-electron chi connectivity index (χ3n) is 3.32. The van der Waals surface area contributed by atoms with E-state index < -0.39 is 0 Å². The Labute approximate surface area is 85.3 Å². The van der Waals surface area contributed by atoms with E-state index in [0.717, 1.165) is 31.4 Å². The fourth-order valence-electron chi connectivity index (χ4n) is 2.38. The Balaban J connectivity index is 2.03. The first kappa shape index (κ1) is 9.91. The molecule has 1 aliphatic heterocycles. The molecule has 0 bridgehead atoms. The smallest absolute Gasteiger partial charge is 0.164 e. The Kier molecular flexibility index (Phi) is 3.02. The van der Waals surface area contributed by atoms with Crippen molar-refractivity contribution in [1.82, 2.24) is 0 Å². The molecule has 2 aliphatic rings. The molecule has 1 saturated heterocycles. The Hall–Kier alpha value is -0.630. The highest BCUT2D eigenvalue weighted by atomic mass is 16.5. The summed E-state index contributed by atoms with van der Waals surface area (Å²) in [6.07, 6.45) is 7.68. The number of carbonyl (C=O) groups is 1. The summed E-state index contributed by atoms with van der Waals surface area (Å²) in [7, 11) is 0. The Morgan fingerprint density at radius 3 is 2.93 bits per heavy atom. The highest BCUT2D eigenvalue weighted by Crippen LogP contribution is 2.28. The second-order valence-corrected chi connectivity index (χ2v) is 4.31. The van der Waals surface area contributed by atoms with Gasteiger partial charge in [0, 0.05) is 6.61 Å². The molecule has 0 aromatic carbocycles. The van der Waals surface area contributed by atoms with Crippen LogP contribution >= 0.6 is 0 Å². The van der Waals surface area contributed by atoms with Gasteiger partial charge in [0.25, 0.3) is 0 Å². The summed E-state index contributed by atoms with van der Waals surface area (Å²) in [5.74, 6) is 0.494. The van der Waals surface area contributed by atoms with Crippen LogP contribution in [-0.4, -0.2) is 18.5 Å². The number of allylic oxidation sites excluding steroid dienone is 2. The van der Waals surface area contributed by atoms with Crippen LogP contribution in [0, 0.1) is 5.92 Å². The average Bonchev–Trinajstić information content (AvgIpc) is 2.65. The van der Waals surface area contributed by atoms with Crippen LogP contribution in [0.25, 0.3) is 0 Å². The van der Waals surface area contributed by atoms with Crippen molar-refractivity contribution in [2.24, 2.45) is 5.92 Å². The van der Waals surface area contributed by atoms with Gasteiger partial charge in [0.2, 0.25) is 0 Å². The van der Waals surface area contributed by atoms with Crippen LogP contribution in [0.1, 0.15) is 39.0 Å². The van der Waals surface area contributed by atoms with Crippen LogP contribution in [0.15, 0.2) is 11.6 Å². The lowest BCUT2D eigenvalue weighted by atomic mass is 9.87. The van der Waals surface area contributed by atoms with E-state index >= 15 is 0 Å². The third-order valence-corrected chi connectivity index (χ3v) is 3.32. The zero-order valence-electron chi connectivity index (χ0n) is 8.79. The van der Waals surface area contributed by atoms with Gasteiger partial charge < -0.3 is 4.74 Å². The summed E-state index contributed by atoms with van der Waals surface area (Å²) < 4.78 is 5.43. The molecule has 2 unspecified atom stereocenters. The largest absolute Gasteiger partial charge is 0.378 e. The van der Waals surface area contributed by atoms with Gasteiger partial charge in [-0.15, -0.1) is 0 Å². The first-order valence-corrected chi connectivity index (χ1v) is 5.64. The van der Waals surface area contributed by atoms with E-state index in [1.807, 2.05) is 6.92 Å². The number of ketones is 1. The second-order valence-electron chi connectivity index (χ2n) is 4.31. The molecule has 1 heterocycles. The molecule has 2 atom stereocenters. The lowest BCUT2D eigenvalue weighted by molar-refractivity contribution is -0.120.